The first-order valence-electron chi connectivity index (χ1n) is 9.51. The van der Waals surface area contributed by atoms with Crippen molar-refractivity contribution in [1.82, 2.24) is 19.7 Å². The van der Waals surface area contributed by atoms with Gasteiger partial charge in [0.05, 0.1) is 30.6 Å². The maximum Gasteiger partial charge on any atom is 0.255 e. The van der Waals surface area contributed by atoms with Gasteiger partial charge in [-0.3, -0.25) is 19.3 Å². The number of rotatable bonds is 5. The van der Waals surface area contributed by atoms with Crippen LogP contribution in [-0.2, 0) is 21.5 Å². The van der Waals surface area contributed by atoms with Gasteiger partial charge in [0.2, 0.25) is 11.9 Å². The molecular formula is C19H28N6O3. The summed E-state index contributed by atoms with van der Waals surface area (Å²) in [6.07, 6.45) is 3.95. The summed E-state index contributed by atoms with van der Waals surface area (Å²) in [6, 6.07) is 0. The highest BCUT2D eigenvalue weighted by molar-refractivity contribution is 5.90. The first-order chi connectivity index (χ1) is 13.2. The SMILES string of the molecule is Cc1nc(N2CCOCC2)[nH]c(=O)c1CCC(=O)Nc1cnn(C(C)(C)C)c1. The third kappa shape index (κ3) is 4.78. The number of H-pyrrole nitrogens is 1. The molecule has 0 bridgehead atoms. The Morgan fingerprint density at radius 3 is 2.64 bits per heavy atom. The summed E-state index contributed by atoms with van der Waals surface area (Å²) in [6.45, 7) is 10.6. The molecule has 2 N–H and O–H groups in total. The van der Waals surface area contributed by atoms with Crippen LogP contribution in [0, 0.1) is 6.92 Å². The monoisotopic (exact) mass is 388 g/mol. The number of ether oxygens (including phenoxy) is 1. The van der Waals surface area contributed by atoms with Gasteiger partial charge in [-0.05, 0) is 34.1 Å². The lowest BCUT2D eigenvalue weighted by Crippen LogP contribution is -2.38. The van der Waals surface area contributed by atoms with Gasteiger partial charge in [0.25, 0.3) is 5.56 Å². The van der Waals surface area contributed by atoms with Crippen molar-refractivity contribution >= 4 is 17.5 Å². The van der Waals surface area contributed by atoms with Crippen molar-refractivity contribution in [2.75, 3.05) is 36.5 Å². The minimum absolute atomic E-state index is 0.152. The first-order valence-corrected chi connectivity index (χ1v) is 9.51. The summed E-state index contributed by atoms with van der Waals surface area (Å²) < 4.78 is 7.12. The van der Waals surface area contributed by atoms with E-state index in [0.717, 1.165) is 0 Å². The fraction of sp³-hybridized carbons (Fsp3) is 0.579. The van der Waals surface area contributed by atoms with Crippen molar-refractivity contribution in [3.8, 4) is 0 Å². The molecule has 1 amide bonds. The van der Waals surface area contributed by atoms with Crippen LogP contribution in [0.15, 0.2) is 17.2 Å². The number of hydrogen-bond donors (Lipinski definition) is 2. The lowest BCUT2D eigenvalue weighted by Gasteiger charge is -2.27. The molecule has 0 unspecified atom stereocenters. The van der Waals surface area contributed by atoms with Gasteiger partial charge in [-0.15, -0.1) is 0 Å². The van der Waals surface area contributed by atoms with Gasteiger partial charge in [0.1, 0.15) is 0 Å². The van der Waals surface area contributed by atoms with Crippen molar-refractivity contribution < 1.29 is 9.53 Å². The van der Waals surface area contributed by atoms with Crippen LogP contribution < -0.4 is 15.8 Å². The predicted octanol–water partition coefficient (Wildman–Crippen LogP) is 1.44. The minimum atomic E-state index is -0.192. The Morgan fingerprint density at radius 2 is 2.04 bits per heavy atom. The second-order valence-electron chi connectivity index (χ2n) is 7.95. The molecule has 3 rings (SSSR count). The average Bonchev–Trinajstić information content (AvgIpc) is 3.10. The standard InChI is InChI=1S/C19H28N6O3/c1-13-15(17(27)23-18(21-13)24-7-9-28-10-8-24)5-6-16(26)22-14-11-20-25(12-14)19(2,3)4/h11-12H,5-10H2,1-4H3,(H,22,26)(H,21,23,27). The molecule has 1 aliphatic rings. The van der Waals surface area contributed by atoms with E-state index >= 15 is 0 Å². The van der Waals surface area contributed by atoms with Gasteiger partial charge >= 0.3 is 0 Å². The smallest absolute Gasteiger partial charge is 0.255 e. The van der Waals surface area contributed by atoms with Crippen LogP contribution in [0.5, 0.6) is 0 Å². The fourth-order valence-corrected chi connectivity index (χ4v) is 3.03. The summed E-state index contributed by atoms with van der Waals surface area (Å²) in [5.74, 6) is 0.401. The molecule has 1 saturated heterocycles. The molecule has 0 aromatic carbocycles. The number of nitrogens with zero attached hydrogens (tertiary/aromatic N) is 4. The van der Waals surface area contributed by atoms with Gasteiger partial charge in [-0.2, -0.15) is 5.10 Å². The number of morpholine rings is 1. The number of hydrogen-bond acceptors (Lipinski definition) is 6. The van der Waals surface area contributed by atoms with Crippen LogP contribution in [-0.4, -0.2) is 52.0 Å². The number of carbonyl (C=O) groups excluding carboxylic acids is 1. The highest BCUT2D eigenvalue weighted by Crippen LogP contribution is 2.16. The number of aromatic nitrogens is 4. The number of aromatic amines is 1. The predicted molar refractivity (Wildman–Crippen MR) is 107 cm³/mol. The van der Waals surface area contributed by atoms with Gasteiger partial charge in [-0.25, -0.2) is 4.98 Å². The summed E-state index contributed by atoms with van der Waals surface area (Å²) in [5.41, 5.74) is 1.49. The topological polar surface area (TPSA) is 105 Å². The molecule has 9 nitrogen and oxygen atoms in total. The van der Waals surface area contributed by atoms with Crippen LogP contribution in [0.2, 0.25) is 0 Å². The molecule has 152 valence electrons. The Kier molecular flexibility index (Phi) is 5.83. The van der Waals surface area contributed by atoms with Crippen LogP contribution in [0.4, 0.5) is 11.6 Å². The molecule has 1 aliphatic heterocycles. The number of nitrogens with one attached hydrogen (secondary N) is 2. The van der Waals surface area contributed by atoms with Gasteiger partial charge in [0.15, 0.2) is 0 Å². The highest BCUT2D eigenvalue weighted by Gasteiger charge is 2.18. The molecule has 0 saturated carbocycles. The lowest BCUT2D eigenvalue weighted by atomic mass is 10.1. The molecule has 2 aromatic heterocycles. The quantitative estimate of drug-likeness (QED) is 0.803. The van der Waals surface area contributed by atoms with Crippen molar-refractivity contribution in [2.45, 2.75) is 46.1 Å². The molecule has 0 aliphatic carbocycles. The Morgan fingerprint density at radius 1 is 1.32 bits per heavy atom. The number of aryl methyl sites for hydroxylation is 1. The summed E-state index contributed by atoms with van der Waals surface area (Å²) in [4.78, 5) is 34.1. The maximum absolute atomic E-state index is 12.5. The Balaban J connectivity index is 1.61. The average molecular weight is 388 g/mol. The zero-order chi connectivity index (χ0) is 20.3. The van der Waals surface area contributed by atoms with Crippen LogP contribution >= 0.6 is 0 Å². The summed E-state index contributed by atoms with van der Waals surface area (Å²) in [7, 11) is 0. The van der Waals surface area contributed by atoms with Gasteiger partial charge < -0.3 is 15.0 Å². The van der Waals surface area contributed by atoms with E-state index in [-0.39, 0.29) is 23.4 Å². The van der Waals surface area contributed by atoms with Crippen LogP contribution in [0.25, 0.3) is 0 Å². The molecule has 9 heteroatoms. The van der Waals surface area contributed by atoms with E-state index in [1.807, 2.05) is 25.7 Å². The van der Waals surface area contributed by atoms with E-state index in [2.05, 4.69) is 20.4 Å². The molecule has 0 radical (unpaired) electrons. The zero-order valence-corrected chi connectivity index (χ0v) is 16.9. The third-order valence-electron chi connectivity index (χ3n) is 4.68. The largest absolute Gasteiger partial charge is 0.378 e. The van der Waals surface area contributed by atoms with E-state index in [1.165, 1.54) is 0 Å². The normalized spacial score (nSPS) is 14.9. The Bertz CT molecular complexity index is 890. The second-order valence-corrected chi connectivity index (χ2v) is 7.95. The lowest BCUT2D eigenvalue weighted by molar-refractivity contribution is -0.116. The van der Waals surface area contributed by atoms with Crippen molar-refractivity contribution in [3.05, 3.63) is 34.0 Å². The second kappa shape index (κ2) is 8.14. The molecule has 1 fully saturated rings. The summed E-state index contributed by atoms with van der Waals surface area (Å²) in [5, 5.41) is 7.09. The molecule has 0 atom stereocenters. The van der Waals surface area contributed by atoms with Crippen molar-refractivity contribution in [3.63, 3.8) is 0 Å². The zero-order valence-electron chi connectivity index (χ0n) is 16.9. The van der Waals surface area contributed by atoms with Gasteiger partial charge in [-0.1, -0.05) is 0 Å². The molecule has 2 aromatic rings. The van der Waals surface area contributed by atoms with E-state index in [9.17, 15) is 9.59 Å². The summed E-state index contributed by atoms with van der Waals surface area (Å²) >= 11 is 0. The van der Waals surface area contributed by atoms with E-state index < -0.39 is 0 Å². The fourth-order valence-electron chi connectivity index (χ4n) is 3.03. The Labute approximate surface area is 164 Å². The number of carbonyl (C=O) groups is 1. The van der Waals surface area contributed by atoms with Crippen LogP contribution in [0.1, 0.15) is 38.4 Å². The molecule has 28 heavy (non-hydrogen) atoms. The molecule has 3 heterocycles. The maximum atomic E-state index is 12.5. The Hall–Kier alpha value is -2.68. The van der Waals surface area contributed by atoms with E-state index in [1.54, 1.807) is 24.0 Å². The number of anilines is 2. The minimum Gasteiger partial charge on any atom is -0.378 e. The van der Waals surface area contributed by atoms with E-state index in [4.69, 9.17) is 4.74 Å². The van der Waals surface area contributed by atoms with Crippen LogP contribution in [0.3, 0.4) is 0 Å². The third-order valence-corrected chi connectivity index (χ3v) is 4.68. The highest BCUT2D eigenvalue weighted by atomic mass is 16.5. The van der Waals surface area contributed by atoms with Crippen molar-refractivity contribution in [1.29, 1.82) is 0 Å². The van der Waals surface area contributed by atoms with Gasteiger partial charge in [0, 0.05) is 37.0 Å². The first kappa shape index (κ1) is 20.1. The van der Waals surface area contributed by atoms with Crippen molar-refractivity contribution in [2.24, 2.45) is 0 Å². The molecule has 0 spiro atoms. The molecular weight excluding hydrogens is 360 g/mol. The van der Waals surface area contributed by atoms with E-state index in [0.29, 0.717) is 55.6 Å². The number of amides is 1.